The zero-order valence-electron chi connectivity index (χ0n) is 17.5. The summed E-state index contributed by atoms with van der Waals surface area (Å²) in [6.07, 6.45) is 8.63. The molecule has 8 heteroatoms. The van der Waals surface area contributed by atoms with E-state index in [1.165, 1.54) is 0 Å². The molecule has 3 aromatic rings. The third-order valence-corrected chi connectivity index (χ3v) is 5.71. The van der Waals surface area contributed by atoms with Gasteiger partial charge in [-0.2, -0.15) is 5.10 Å². The largest absolute Gasteiger partial charge is 0.491 e. The minimum Gasteiger partial charge on any atom is -0.491 e. The predicted molar refractivity (Wildman–Crippen MR) is 114 cm³/mol. The van der Waals surface area contributed by atoms with Crippen molar-refractivity contribution in [2.45, 2.75) is 31.7 Å². The van der Waals surface area contributed by atoms with Crippen molar-refractivity contribution in [1.82, 2.24) is 25.1 Å². The molecule has 0 aromatic carbocycles. The van der Waals surface area contributed by atoms with E-state index in [1.54, 1.807) is 10.9 Å². The molecule has 5 heterocycles. The molecule has 8 nitrogen and oxygen atoms in total. The van der Waals surface area contributed by atoms with Gasteiger partial charge in [-0.1, -0.05) is 6.07 Å². The van der Waals surface area contributed by atoms with Crippen LogP contribution in [0.3, 0.4) is 0 Å². The van der Waals surface area contributed by atoms with E-state index in [1.807, 2.05) is 31.6 Å². The predicted octanol–water partition coefficient (Wildman–Crippen LogP) is 2.31. The number of carbonyl (C=O) groups excluding carboxylic acids is 1. The first-order valence-corrected chi connectivity index (χ1v) is 10.6. The Morgan fingerprint density at radius 1 is 1.23 bits per heavy atom. The van der Waals surface area contributed by atoms with E-state index in [0.717, 1.165) is 53.1 Å². The van der Waals surface area contributed by atoms with Crippen LogP contribution in [0, 0.1) is 0 Å². The Morgan fingerprint density at radius 3 is 2.84 bits per heavy atom. The van der Waals surface area contributed by atoms with Crippen LogP contribution in [0.25, 0.3) is 11.3 Å². The summed E-state index contributed by atoms with van der Waals surface area (Å²) in [7, 11) is 1.89. The summed E-state index contributed by atoms with van der Waals surface area (Å²) < 4.78 is 13.0. The first-order chi connectivity index (χ1) is 15.2. The fraction of sp³-hybridized carbons (Fsp3) is 0.391. The van der Waals surface area contributed by atoms with Crippen LogP contribution in [0.1, 0.15) is 40.2 Å². The Hall–Kier alpha value is -3.26. The van der Waals surface area contributed by atoms with Gasteiger partial charge in [0.05, 0.1) is 24.2 Å². The van der Waals surface area contributed by atoms with Crippen molar-refractivity contribution in [2.24, 2.45) is 7.05 Å². The van der Waals surface area contributed by atoms with Crippen LogP contribution < -0.4 is 10.1 Å². The standard InChI is InChI=1S/C23H25N5O3/c1-28-14-17(13-25-28)19-3-2-15(12-24-19)10-16-11-21(27-20-6-9-31-22(16)20)23(29)26-18-4-7-30-8-5-18/h2-3,11-14,18H,4-10H2,1H3,(H,26,29). The molecule has 1 fully saturated rings. The van der Waals surface area contributed by atoms with E-state index in [9.17, 15) is 4.79 Å². The second-order valence-electron chi connectivity index (χ2n) is 8.03. The molecule has 31 heavy (non-hydrogen) atoms. The highest BCUT2D eigenvalue weighted by Crippen LogP contribution is 2.31. The van der Waals surface area contributed by atoms with Gasteiger partial charge in [-0.25, -0.2) is 4.98 Å². The van der Waals surface area contributed by atoms with Gasteiger partial charge in [0.1, 0.15) is 11.4 Å². The van der Waals surface area contributed by atoms with E-state index < -0.39 is 0 Å². The quantitative estimate of drug-likeness (QED) is 0.683. The summed E-state index contributed by atoms with van der Waals surface area (Å²) in [6, 6.07) is 6.04. The molecule has 0 atom stereocenters. The highest BCUT2D eigenvalue weighted by Gasteiger charge is 2.24. The lowest BCUT2D eigenvalue weighted by molar-refractivity contribution is 0.0694. The normalized spacial score (nSPS) is 16.0. The van der Waals surface area contributed by atoms with Crippen LogP contribution in [0.4, 0.5) is 0 Å². The molecule has 2 aliphatic heterocycles. The summed E-state index contributed by atoms with van der Waals surface area (Å²) >= 11 is 0. The van der Waals surface area contributed by atoms with Gasteiger partial charge < -0.3 is 14.8 Å². The maximum absolute atomic E-state index is 12.8. The van der Waals surface area contributed by atoms with Gasteiger partial charge in [-0.15, -0.1) is 0 Å². The van der Waals surface area contributed by atoms with E-state index in [-0.39, 0.29) is 11.9 Å². The molecular weight excluding hydrogens is 394 g/mol. The first-order valence-electron chi connectivity index (χ1n) is 10.6. The van der Waals surface area contributed by atoms with E-state index >= 15 is 0 Å². The molecule has 5 rings (SSSR count). The van der Waals surface area contributed by atoms with Crippen molar-refractivity contribution >= 4 is 5.91 Å². The smallest absolute Gasteiger partial charge is 0.270 e. The van der Waals surface area contributed by atoms with Crippen molar-refractivity contribution < 1.29 is 14.3 Å². The number of nitrogens with zero attached hydrogens (tertiary/aromatic N) is 4. The van der Waals surface area contributed by atoms with Gasteiger partial charge in [0.2, 0.25) is 0 Å². The highest BCUT2D eigenvalue weighted by molar-refractivity contribution is 5.93. The third-order valence-electron chi connectivity index (χ3n) is 5.71. The molecule has 0 unspecified atom stereocenters. The Bertz CT molecular complexity index is 1090. The molecule has 160 valence electrons. The van der Waals surface area contributed by atoms with Crippen LogP contribution in [0.5, 0.6) is 5.75 Å². The van der Waals surface area contributed by atoms with Crippen LogP contribution in [0.2, 0.25) is 0 Å². The number of carbonyl (C=O) groups is 1. The van der Waals surface area contributed by atoms with Gasteiger partial charge in [0.25, 0.3) is 5.91 Å². The van der Waals surface area contributed by atoms with Crippen LogP contribution >= 0.6 is 0 Å². The second-order valence-corrected chi connectivity index (χ2v) is 8.03. The highest BCUT2D eigenvalue weighted by atomic mass is 16.5. The fourth-order valence-corrected chi connectivity index (χ4v) is 4.06. The van der Waals surface area contributed by atoms with E-state index in [4.69, 9.17) is 9.47 Å². The Morgan fingerprint density at radius 2 is 2.10 bits per heavy atom. The summed E-state index contributed by atoms with van der Waals surface area (Å²) in [5, 5.41) is 7.30. The summed E-state index contributed by atoms with van der Waals surface area (Å²) in [5.74, 6) is 0.673. The Labute approximate surface area is 180 Å². The van der Waals surface area contributed by atoms with E-state index in [0.29, 0.717) is 31.9 Å². The fourth-order valence-electron chi connectivity index (χ4n) is 4.06. The first kappa shape index (κ1) is 19.7. The molecule has 2 aliphatic rings. The molecule has 1 saturated heterocycles. The third kappa shape index (κ3) is 4.29. The minimum absolute atomic E-state index is 0.132. The van der Waals surface area contributed by atoms with Gasteiger partial charge in [0, 0.05) is 62.7 Å². The van der Waals surface area contributed by atoms with Crippen molar-refractivity contribution in [2.75, 3.05) is 19.8 Å². The molecule has 0 saturated carbocycles. The average molecular weight is 419 g/mol. The molecule has 0 bridgehead atoms. The van der Waals surface area contributed by atoms with Crippen LogP contribution in [-0.2, 0) is 24.6 Å². The molecule has 0 radical (unpaired) electrons. The number of nitrogens with one attached hydrogen (secondary N) is 1. The van der Waals surface area contributed by atoms with Crippen molar-refractivity contribution in [3.63, 3.8) is 0 Å². The molecule has 1 amide bonds. The van der Waals surface area contributed by atoms with Gasteiger partial charge in [-0.3, -0.25) is 14.5 Å². The number of ether oxygens (including phenoxy) is 2. The average Bonchev–Trinajstić information content (AvgIpc) is 3.44. The zero-order valence-corrected chi connectivity index (χ0v) is 17.5. The van der Waals surface area contributed by atoms with E-state index in [2.05, 4.69) is 26.4 Å². The Balaban J connectivity index is 1.36. The molecule has 1 N–H and O–H groups in total. The topological polar surface area (TPSA) is 91.2 Å². The van der Waals surface area contributed by atoms with Crippen molar-refractivity contribution in [1.29, 1.82) is 0 Å². The number of hydrogen-bond donors (Lipinski definition) is 1. The lowest BCUT2D eigenvalue weighted by Gasteiger charge is -2.23. The molecular formula is C23H25N5O3. The lowest BCUT2D eigenvalue weighted by atomic mass is 10.0. The lowest BCUT2D eigenvalue weighted by Crippen LogP contribution is -2.39. The number of amides is 1. The summed E-state index contributed by atoms with van der Waals surface area (Å²) in [4.78, 5) is 22.0. The summed E-state index contributed by atoms with van der Waals surface area (Å²) in [6.45, 7) is 1.96. The Kier molecular flexibility index (Phi) is 5.38. The number of fused-ring (bicyclic) bond motifs is 1. The number of rotatable bonds is 5. The van der Waals surface area contributed by atoms with Gasteiger partial charge >= 0.3 is 0 Å². The maximum Gasteiger partial charge on any atom is 0.270 e. The number of aromatic nitrogens is 4. The molecule has 3 aromatic heterocycles. The number of hydrogen-bond acceptors (Lipinski definition) is 6. The second kappa shape index (κ2) is 8.47. The van der Waals surface area contributed by atoms with Gasteiger partial charge in [-0.05, 0) is 30.5 Å². The summed E-state index contributed by atoms with van der Waals surface area (Å²) in [5.41, 5.74) is 5.18. The van der Waals surface area contributed by atoms with Crippen LogP contribution in [-0.4, -0.2) is 51.5 Å². The SMILES string of the molecule is Cn1cc(-c2ccc(Cc3cc(C(=O)NC4CCOCC4)nc4c3OCC4)cn2)cn1. The van der Waals surface area contributed by atoms with Crippen molar-refractivity contribution in [3.8, 4) is 17.0 Å². The van der Waals surface area contributed by atoms with Crippen molar-refractivity contribution in [3.05, 3.63) is 59.3 Å². The number of pyridine rings is 2. The minimum atomic E-state index is -0.132. The van der Waals surface area contributed by atoms with Crippen LogP contribution in [0.15, 0.2) is 36.8 Å². The molecule has 0 aliphatic carbocycles. The number of aryl methyl sites for hydroxylation is 1. The zero-order chi connectivity index (χ0) is 21.2. The maximum atomic E-state index is 12.8. The molecule has 0 spiro atoms. The monoisotopic (exact) mass is 419 g/mol. The van der Waals surface area contributed by atoms with Gasteiger partial charge in [0.15, 0.2) is 0 Å².